The van der Waals surface area contributed by atoms with Gasteiger partial charge >= 0.3 is 18.2 Å². The fourth-order valence-corrected chi connectivity index (χ4v) is 3.71. The van der Waals surface area contributed by atoms with Gasteiger partial charge in [-0.3, -0.25) is 15.2 Å². The Morgan fingerprint density at radius 1 is 1.14 bits per heavy atom. The first-order chi connectivity index (χ1) is 17.0. The summed E-state index contributed by atoms with van der Waals surface area (Å²) in [5, 5.41) is 11.0. The monoisotopic (exact) mass is 523 g/mol. The molecule has 0 spiro atoms. The Labute approximate surface area is 201 Å². The van der Waals surface area contributed by atoms with Crippen molar-refractivity contribution in [2.75, 3.05) is 17.2 Å². The molecule has 0 saturated heterocycles. The quantitative estimate of drug-likeness (QED) is 0.222. The number of anilines is 2. The maximum absolute atomic E-state index is 13.9. The lowest BCUT2D eigenvalue weighted by Gasteiger charge is -2.11. The number of esters is 1. The molecule has 3 aromatic heterocycles. The minimum Gasteiger partial charge on any atom is -0.452 e. The summed E-state index contributed by atoms with van der Waals surface area (Å²) < 4.78 is 57.3. The number of alkyl halides is 3. The number of hydrogen-bond acceptors (Lipinski definition) is 8. The van der Waals surface area contributed by atoms with Crippen LogP contribution in [0.1, 0.15) is 15.9 Å². The predicted octanol–water partition coefficient (Wildman–Crippen LogP) is 3.53. The van der Waals surface area contributed by atoms with Crippen LogP contribution in [0.15, 0.2) is 36.7 Å². The zero-order valence-electron chi connectivity index (χ0n) is 17.6. The Morgan fingerprint density at radius 3 is 2.64 bits per heavy atom. The van der Waals surface area contributed by atoms with Crippen molar-refractivity contribution in [2.45, 2.75) is 6.18 Å². The van der Waals surface area contributed by atoms with E-state index in [9.17, 15) is 31.9 Å². The third kappa shape index (κ3) is 5.38. The number of primary amides is 1. The molecule has 3 heterocycles. The van der Waals surface area contributed by atoms with E-state index < -0.39 is 47.8 Å². The number of carbonyl (C=O) groups is 3. The number of halogens is 4. The number of thiazole rings is 1. The molecule has 0 radical (unpaired) electrons. The first-order valence-corrected chi connectivity index (χ1v) is 10.5. The Morgan fingerprint density at radius 2 is 1.92 bits per heavy atom. The number of amides is 3. The van der Waals surface area contributed by atoms with Gasteiger partial charge in [0.2, 0.25) is 0 Å². The molecule has 0 saturated carbocycles. The number of aromatic amines is 1. The average molecular weight is 523 g/mol. The molecule has 4 rings (SSSR count). The zero-order valence-corrected chi connectivity index (χ0v) is 18.5. The number of urea groups is 1. The summed E-state index contributed by atoms with van der Waals surface area (Å²) in [6.45, 7) is -0.633. The molecule has 186 valence electrons. The van der Waals surface area contributed by atoms with Crippen LogP contribution in [0.5, 0.6) is 0 Å². The minimum absolute atomic E-state index is 0.000697. The van der Waals surface area contributed by atoms with Crippen molar-refractivity contribution >= 4 is 51.1 Å². The molecular formula is C20H13F4N7O4S. The van der Waals surface area contributed by atoms with Crippen LogP contribution in [0.2, 0.25) is 0 Å². The van der Waals surface area contributed by atoms with Crippen LogP contribution in [-0.4, -0.2) is 44.7 Å². The number of carbonyl (C=O) groups excluding carboxylic acids is 3. The molecule has 0 aliphatic rings. The number of benzene rings is 1. The van der Waals surface area contributed by atoms with E-state index in [2.05, 4.69) is 25.5 Å². The number of fused-ring (bicyclic) bond motifs is 1. The number of rotatable bonds is 6. The fourth-order valence-electron chi connectivity index (χ4n) is 2.94. The topological polar surface area (TPSA) is 165 Å². The van der Waals surface area contributed by atoms with E-state index in [-0.39, 0.29) is 22.0 Å². The molecule has 0 bridgehead atoms. The molecule has 11 nitrogen and oxygen atoms in total. The van der Waals surface area contributed by atoms with Gasteiger partial charge < -0.3 is 15.8 Å². The Balaban J connectivity index is 1.53. The Hall–Kier alpha value is -4.60. The molecule has 0 unspecified atom stereocenters. The number of nitrogens with two attached hydrogens (primary N) is 1. The van der Waals surface area contributed by atoms with Gasteiger partial charge in [0.1, 0.15) is 5.82 Å². The van der Waals surface area contributed by atoms with E-state index in [0.717, 1.165) is 11.3 Å². The SMILES string of the molecule is NC(=O)COC(=O)c1cc(-c2cnc(NC(=O)Nc3cc(C(F)(F)F)ccc3F)s2)nc2[nH]ncc12. The molecule has 0 aliphatic heterocycles. The fraction of sp³-hybridized carbons (Fsp3) is 0.100. The summed E-state index contributed by atoms with van der Waals surface area (Å²) in [6.07, 6.45) is -2.07. The Bertz CT molecular complexity index is 1480. The third-order valence-electron chi connectivity index (χ3n) is 4.51. The predicted molar refractivity (Wildman–Crippen MR) is 119 cm³/mol. The number of nitrogens with one attached hydrogen (secondary N) is 3. The Kier molecular flexibility index (Phi) is 6.52. The van der Waals surface area contributed by atoms with Crippen LogP contribution in [0.25, 0.3) is 21.6 Å². The van der Waals surface area contributed by atoms with Crippen LogP contribution >= 0.6 is 11.3 Å². The second kappa shape index (κ2) is 9.57. The summed E-state index contributed by atoms with van der Waals surface area (Å²) in [5.74, 6) is -2.76. The van der Waals surface area contributed by atoms with Crippen molar-refractivity contribution in [3.05, 3.63) is 53.6 Å². The van der Waals surface area contributed by atoms with Crippen molar-refractivity contribution in [1.82, 2.24) is 20.2 Å². The van der Waals surface area contributed by atoms with Crippen LogP contribution in [-0.2, 0) is 15.7 Å². The van der Waals surface area contributed by atoms with Gasteiger partial charge in [0.25, 0.3) is 5.91 Å². The molecule has 0 aliphatic carbocycles. The molecule has 36 heavy (non-hydrogen) atoms. The average Bonchev–Trinajstić information content (AvgIpc) is 3.47. The lowest BCUT2D eigenvalue weighted by molar-refractivity contribution is -0.137. The van der Waals surface area contributed by atoms with Gasteiger partial charge in [-0.25, -0.2) is 23.9 Å². The van der Waals surface area contributed by atoms with Gasteiger partial charge in [-0.05, 0) is 24.3 Å². The zero-order chi connectivity index (χ0) is 26.0. The van der Waals surface area contributed by atoms with Crippen LogP contribution in [0, 0.1) is 5.82 Å². The highest BCUT2D eigenvalue weighted by Gasteiger charge is 2.31. The molecule has 1 aromatic carbocycles. The second-order valence-corrected chi connectivity index (χ2v) is 8.06. The first-order valence-electron chi connectivity index (χ1n) is 9.72. The number of nitrogens with zero attached hydrogens (tertiary/aromatic N) is 3. The van der Waals surface area contributed by atoms with Crippen molar-refractivity contribution in [3.63, 3.8) is 0 Å². The molecule has 5 N–H and O–H groups in total. The lowest BCUT2D eigenvalue weighted by atomic mass is 10.1. The number of ether oxygens (including phenoxy) is 1. The summed E-state index contributed by atoms with van der Waals surface area (Å²) in [5.41, 5.74) is 3.66. The van der Waals surface area contributed by atoms with E-state index in [1.54, 1.807) is 0 Å². The minimum atomic E-state index is -4.72. The molecule has 0 fully saturated rings. The molecular weight excluding hydrogens is 510 g/mol. The highest BCUT2D eigenvalue weighted by atomic mass is 32.1. The smallest absolute Gasteiger partial charge is 0.416 e. The van der Waals surface area contributed by atoms with Gasteiger partial charge in [-0.2, -0.15) is 18.3 Å². The van der Waals surface area contributed by atoms with Crippen LogP contribution in [0.3, 0.4) is 0 Å². The first kappa shape index (κ1) is 24.5. The number of H-pyrrole nitrogens is 1. The highest BCUT2D eigenvalue weighted by Crippen LogP contribution is 2.33. The number of hydrogen-bond donors (Lipinski definition) is 4. The van der Waals surface area contributed by atoms with Gasteiger partial charge in [0.15, 0.2) is 17.4 Å². The maximum Gasteiger partial charge on any atom is 0.416 e. The summed E-state index contributed by atoms with van der Waals surface area (Å²) in [7, 11) is 0. The lowest BCUT2D eigenvalue weighted by Crippen LogP contribution is -2.21. The normalized spacial score (nSPS) is 11.3. The summed E-state index contributed by atoms with van der Waals surface area (Å²) >= 11 is 0.906. The van der Waals surface area contributed by atoms with Gasteiger partial charge in [0.05, 0.1) is 39.0 Å². The van der Waals surface area contributed by atoms with E-state index in [1.807, 2.05) is 5.32 Å². The summed E-state index contributed by atoms with van der Waals surface area (Å²) in [4.78, 5) is 44.2. The third-order valence-corrected chi connectivity index (χ3v) is 5.44. The van der Waals surface area contributed by atoms with Gasteiger partial charge in [-0.1, -0.05) is 11.3 Å². The van der Waals surface area contributed by atoms with Gasteiger partial charge in [0, 0.05) is 6.20 Å². The number of pyridine rings is 1. The summed E-state index contributed by atoms with van der Waals surface area (Å²) in [6, 6.07) is 1.92. The van der Waals surface area contributed by atoms with Crippen molar-refractivity contribution in [1.29, 1.82) is 0 Å². The molecule has 0 atom stereocenters. The van der Waals surface area contributed by atoms with E-state index in [4.69, 9.17) is 10.5 Å². The van der Waals surface area contributed by atoms with E-state index in [1.165, 1.54) is 18.5 Å². The van der Waals surface area contributed by atoms with Crippen molar-refractivity contribution in [2.24, 2.45) is 5.73 Å². The van der Waals surface area contributed by atoms with Crippen LogP contribution < -0.4 is 16.4 Å². The number of aromatic nitrogens is 4. The van der Waals surface area contributed by atoms with Crippen LogP contribution in [0.4, 0.5) is 33.2 Å². The van der Waals surface area contributed by atoms with E-state index >= 15 is 0 Å². The molecule has 4 aromatic rings. The highest BCUT2D eigenvalue weighted by molar-refractivity contribution is 7.19. The van der Waals surface area contributed by atoms with E-state index in [0.29, 0.717) is 28.5 Å². The standard InChI is InChI=1S/C20H13F4N7O4S/c21-11-2-1-8(20(22,23)24)3-12(11)29-18(34)30-19-26-6-14(36-19)13-4-9(17(33)35-7-15(25)32)10-5-27-31-16(10)28-13/h1-6H,7H2,(H2,25,32)(H,27,28,31)(H2,26,29,30,34). The second-order valence-electron chi connectivity index (χ2n) is 7.03. The van der Waals surface area contributed by atoms with Crippen molar-refractivity contribution < 1.29 is 36.7 Å². The largest absolute Gasteiger partial charge is 0.452 e. The van der Waals surface area contributed by atoms with Gasteiger partial charge in [-0.15, -0.1) is 0 Å². The maximum atomic E-state index is 13.9. The molecule has 16 heteroatoms. The van der Waals surface area contributed by atoms with Crippen molar-refractivity contribution in [3.8, 4) is 10.6 Å². The molecule has 3 amide bonds.